The fourth-order valence-corrected chi connectivity index (χ4v) is 3.06. The van der Waals surface area contributed by atoms with Crippen molar-refractivity contribution in [1.82, 2.24) is 9.97 Å². The highest BCUT2D eigenvalue weighted by atomic mass is 35.5. The van der Waals surface area contributed by atoms with Gasteiger partial charge in [-0.3, -0.25) is 4.79 Å². The van der Waals surface area contributed by atoms with E-state index in [0.29, 0.717) is 21.8 Å². The molecule has 5 nitrogen and oxygen atoms in total. The number of benzene rings is 1. The van der Waals surface area contributed by atoms with Crippen LogP contribution in [0.3, 0.4) is 0 Å². The van der Waals surface area contributed by atoms with Crippen molar-refractivity contribution in [3.8, 4) is 11.8 Å². The van der Waals surface area contributed by atoms with Gasteiger partial charge in [0.05, 0.1) is 30.9 Å². The quantitative estimate of drug-likeness (QED) is 0.609. The Morgan fingerprint density at radius 2 is 1.81 bits per heavy atom. The molecule has 1 aromatic carbocycles. The molecule has 0 bridgehead atoms. The van der Waals surface area contributed by atoms with Crippen molar-refractivity contribution in [1.29, 1.82) is 0 Å². The molecule has 21 heavy (non-hydrogen) atoms. The number of rotatable bonds is 5. The number of carbonyl (C=O) groups excluding carboxylic acids is 1. The molecule has 0 radical (unpaired) electrons. The molecule has 0 N–H and O–H groups in total. The minimum atomic E-state index is -0.641. The summed E-state index contributed by atoms with van der Waals surface area (Å²) >= 11 is 12.7. The lowest BCUT2D eigenvalue weighted by Crippen LogP contribution is -1.98. The summed E-state index contributed by atoms with van der Waals surface area (Å²) in [5.41, 5.74) is 0.219. The lowest BCUT2D eigenvalue weighted by Gasteiger charge is -2.08. The van der Waals surface area contributed by atoms with Crippen LogP contribution in [-0.2, 0) is 0 Å². The Kier molecular flexibility index (Phi) is 5.27. The van der Waals surface area contributed by atoms with E-state index in [4.69, 9.17) is 32.7 Å². The van der Waals surface area contributed by atoms with Gasteiger partial charge in [-0.1, -0.05) is 17.7 Å². The fourth-order valence-electron chi connectivity index (χ4n) is 1.52. The van der Waals surface area contributed by atoms with Crippen molar-refractivity contribution < 1.29 is 14.3 Å². The molecule has 0 unspecified atom stereocenters. The zero-order valence-corrected chi connectivity index (χ0v) is 13.4. The van der Waals surface area contributed by atoms with E-state index in [2.05, 4.69) is 9.97 Å². The molecule has 0 saturated carbocycles. The second-order valence-electron chi connectivity index (χ2n) is 3.72. The van der Waals surface area contributed by atoms with Crippen molar-refractivity contribution in [2.75, 3.05) is 14.2 Å². The monoisotopic (exact) mass is 344 g/mol. The summed E-state index contributed by atoms with van der Waals surface area (Å²) in [6.45, 7) is 0. The second-order valence-corrected chi connectivity index (χ2v) is 5.48. The molecule has 0 spiro atoms. The predicted octanol–water partition coefficient (Wildman–Crippen LogP) is 3.68. The predicted molar refractivity (Wildman–Crippen MR) is 80.9 cm³/mol. The van der Waals surface area contributed by atoms with Crippen LogP contribution in [0.15, 0.2) is 34.3 Å². The molecule has 0 atom stereocenters. The first-order valence-corrected chi connectivity index (χ1v) is 7.25. The molecule has 8 heteroatoms. The average Bonchev–Trinajstić information content (AvgIpc) is 2.46. The average molecular weight is 345 g/mol. The number of hydrogen-bond acceptors (Lipinski definition) is 6. The minimum Gasteiger partial charge on any atom is -0.481 e. The van der Waals surface area contributed by atoms with Gasteiger partial charge in [0.1, 0.15) is 0 Å². The van der Waals surface area contributed by atoms with Crippen LogP contribution >= 0.6 is 35.0 Å². The molecule has 0 amide bonds. The van der Waals surface area contributed by atoms with Gasteiger partial charge in [0.25, 0.3) is 5.24 Å². The van der Waals surface area contributed by atoms with E-state index in [1.165, 1.54) is 14.2 Å². The summed E-state index contributed by atoms with van der Waals surface area (Å²) in [4.78, 5) is 20.4. The van der Waals surface area contributed by atoms with Crippen LogP contribution in [0.1, 0.15) is 10.4 Å². The largest absolute Gasteiger partial charge is 0.481 e. The summed E-state index contributed by atoms with van der Waals surface area (Å²) in [6.07, 6.45) is 0. The first-order valence-electron chi connectivity index (χ1n) is 5.68. The Balaban J connectivity index is 2.43. The minimum absolute atomic E-state index is 0.219. The molecular weight excluding hydrogens is 335 g/mol. The zero-order valence-electron chi connectivity index (χ0n) is 11.1. The maximum absolute atomic E-state index is 11.5. The van der Waals surface area contributed by atoms with Crippen molar-refractivity contribution in [2.45, 2.75) is 10.1 Å². The van der Waals surface area contributed by atoms with Crippen molar-refractivity contribution in [2.24, 2.45) is 0 Å². The van der Waals surface area contributed by atoms with Gasteiger partial charge in [-0.05, 0) is 35.5 Å². The van der Waals surface area contributed by atoms with E-state index in [0.717, 1.165) is 11.8 Å². The molecule has 0 aliphatic heterocycles. The third-order valence-electron chi connectivity index (χ3n) is 2.45. The van der Waals surface area contributed by atoms with Crippen molar-refractivity contribution >= 4 is 40.2 Å². The zero-order chi connectivity index (χ0) is 15.4. The van der Waals surface area contributed by atoms with E-state index >= 15 is 0 Å². The Labute approximate surface area is 135 Å². The lowest BCUT2D eigenvalue weighted by molar-refractivity contribution is 0.107. The third-order valence-corrected chi connectivity index (χ3v) is 3.88. The van der Waals surface area contributed by atoms with E-state index in [-0.39, 0.29) is 10.6 Å². The molecule has 0 fully saturated rings. The highest BCUT2D eigenvalue weighted by molar-refractivity contribution is 7.99. The van der Waals surface area contributed by atoms with Crippen LogP contribution in [0.25, 0.3) is 0 Å². The van der Waals surface area contributed by atoms with E-state index in [1.54, 1.807) is 24.3 Å². The molecule has 2 rings (SSSR count). The van der Waals surface area contributed by atoms with E-state index in [9.17, 15) is 4.79 Å². The number of nitrogens with zero attached hydrogens (tertiary/aromatic N) is 2. The van der Waals surface area contributed by atoms with Crippen LogP contribution < -0.4 is 9.47 Å². The Morgan fingerprint density at radius 1 is 1.19 bits per heavy atom. The first kappa shape index (κ1) is 15.9. The summed E-state index contributed by atoms with van der Waals surface area (Å²) in [5.74, 6) is 0.704. The Morgan fingerprint density at radius 3 is 2.33 bits per heavy atom. The Hall–Kier alpha value is -1.50. The van der Waals surface area contributed by atoms with Gasteiger partial charge in [0, 0.05) is 4.90 Å². The molecule has 0 aliphatic carbocycles. The lowest BCUT2D eigenvalue weighted by atomic mass is 10.2. The molecular formula is C13H10Cl2N2O3S. The highest BCUT2D eigenvalue weighted by Crippen LogP contribution is 2.34. The highest BCUT2D eigenvalue weighted by Gasteiger charge is 2.16. The van der Waals surface area contributed by atoms with Crippen LogP contribution in [0.5, 0.6) is 11.8 Å². The number of hydrogen-bond donors (Lipinski definition) is 0. The van der Waals surface area contributed by atoms with Gasteiger partial charge < -0.3 is 9.47 Å². The van der Waals surface area contributed by atoms with Gasteiger partial charge in [-0.2, -0.15) is 9.97 Å². The van der Waals surface area contributed by atoms with Gasteiger partial charge in [0.2, 0.25) is 11.8 Å². The van der Waals surface area contributed by atoms with Crippen LogP contribution in [-0.4, -0.2) is 29.4 Å². The summed E-state index contributed by atoms with van der Waals surface area (Å²) in [7, 11) is 2.98. The van der Waals surface area contributed by atoms with Gasteiger partial charge in [0.15, 0.2) is 5.16 Å². The molecule has 1 aromatic heterocycles. The third kappa shape index (κ3) is 3.78. The number of carbonyl (C=O) groups is 1. The number of aromatic nitrogens is 2. The smallest absolute Gasteiger partial charge is 0.255 e. The van der Waals surface area contributed by atoms with Crippen LogP contribution in [0, 0.1) is 0 Å². The summed E-state index contributed by atoms with van der Waals surface area (Å²) in [5, 5.41) is -0.0135. The number of halogens is 2. The van der Waals surface area contributed by atoms with Crippen LogP contribution in [0.4, 0.5) is 0 Å². The number of methoxy groups -OCH3 is 2. The number of ether oxygens (including phenoxy) is 2. The first-order chi connectivity index (χ1) is 10.0. The molecule has 110 valence electrons. The van der Waals surface area contributed by atoms with Crippen molar-refractivity contribution in [3.05, 3.63) is 34.9 Å². The summed E-state index contributed by atoms with van der Waals surface area (Å²) < 4.78 is 10.1. The summed E-state index contributed by atoms with van der Waals surface area (Å²) in [6, 6.07) is 6.57. The van der Waals surface area contributed by atoms with E-state index in [1.807, 2.05) is 0 Å². The topological polar surface area (TPSA) is 61.3 Å². The second kappa shape index (κ2) is 6.98. The fraction of sp³-hybridized carbons (Fsp3) is 0.154. The maximum atomic E-state index is 11.5. The van der Waals surface area contributed by atoms with Gasteiger partial charge >= 0.3 is 0 Å². The molecule has 1 heterocycles. The van der Waals surface area contributed by atoms with Gasteiger partial charge in [-0.25, -0.2) is 0 Å². The maximum Gasteiger partial charge on any atom is 0.255 e. The molecule has 0 saturated heterocycles. The SMILES string of the molecule is COc1cc(OC)nc(Sc2cccc(Cl)c2C(=O)Cl)n1. The van der Waals surface area contributed by atoms with Crippen molar-refractivity contribution in [3.63, 3.8) is 0 Å². The Bertz CT molecular complexity index is 660. The van der Waals surface area contributed by atoms with Gasteiger partial charge in [-0.15, -0.1) is 0 Å². The molecule has 0 aliphatic rings. The van der Waals surface area contributed by atoms with E-state index < -0.39 is 5.24 Å². The standard InChI is InChI=1S/C13H10Cl2N2O3S/c1-19-9-6-10(20-2)17-13(16-9)21-8-5-3-4-7(14)11(8)12(15)18/h3-6H,1-2H3. The molecule has 2 aromatic rings. The van der Waals surface area contributed by atoms with Crippen LogP contribution in [0.2, 0.25) is 5.02 Å². The normalized spacial score (nSPS) is 10.3.